The van der Waals surface area contributed by atoms with Gasteiger partial charge in [-0.2, -0.15) is 0 Å². The van der Waals surface area contributed by atoms with Crippen molar-refractivity contribution in [2.75, 3.05) is 19.8 Å². The molecule has 0 aromatic heterocycles. The second kappa shape index (κ2) is 36.2. The molecule has 2 aliphatic heterocycles. The number of ether oxygens (including phenoxy) is 4. The maximum atomic E-state index is 13.1. The summed E-state index contributed by atoms with van der Waals surface area (Å²) in [6, 6.07) is -0.820. The van der Waals surface area contributed by atoms with E-state index >= 15 is 0 Å². The van der Waals surface area contributed by atoms with Crippen LogP contribution in [0.15, 0.2) is 0 Å². The van der Waals surface area contributed by atoms with Crippen LogP contribution in [0.2, 0.25) is 0 Å². The lowest BCUT2D eigenvalue weighted by molar-refractivity contribution is -0.359. The van der Waals surface area contributed by atoms with Crippen molar-refractivity contribution in [2.24, 2.45) is 0 Å². The van der Waals surface area contributed by atoms with E-state index in [9.17, 15) is 45.6 Å². The standard InChI is InChI=1S/C48H93NO13/c1-3-5-7-9-11-13-15-17-18-19-20-21-23-25-27-29-31-37(52)36(49-40(53)32-30-28-26-24-22-16-14-12-10-8-6-4-2)35-59-47-45(58)43(56)46(39(34-51)61-47)62-48-44(57)42(55)41(54)38(33-50)60-48/h36-39,41-48,50-52,54-58H,3-35H2,1-2H3,(H,49,53). The van der Waals surface area contributed by atoms with Gasteiger partial charge in [0.05, 0.1) is 32.0 Å². The maximum Gasteiger partial charge on any atom is 0.220 e. The van der Waals surface area contributed by atoms with E-state index in [1.165, 1.54) is 128 Å². The highest BCUT2D eigenvalue weighted by Crippen LogP contribution is 2.30. The first-order valence-electron chi connectivity index (χ1n) is 25.3. The Balaban J connectivity index is 1.83. The lowest BCUT2D eigenvalue weighted by atomic mass is 9.97. The Kier molecular flexibility index (Phi) is 33.3. The lowest BCUT2D eigenvalue weighted by Crippen LogP contribution is -2.65. The number of unbranched alkanes of at least 4 members (excludes halogenated alkanes) is 26. The van der Waals surface area contributed by atoms with Crippen LogP contribution in [0.1, 0.15) is 206 Å². The van der Waals surface area contributed by atoms with E-state index in [1.54, 1.807) is 0 Å². The lowest BCUT2D eigenvalue weighted by Gasteiger charge is -2.46. The highest BCUT2D eigenvalue weighted by Gasteiger charge is 2.51. The second-order valence-corrected chi connectivity index (χ2v) is 18.3. The van der Waals surface area contributed by atoms with Gasteiger partial charge in [0.25, 0.3) is 0 Å². The van der Waals surface area contributed by atoms with Gasteiger partial charge in [0.1, 0.15) is 48.8 Å². The summed E-state index contributed by atoms with van der Waals surface area (Å²) in [4.78, 5) is 13.1. The van der Waals surface area contributed by atoms with Gasteiger partial charge in [-0.3, -0.25) is 4.79 Å². The van der Waals surface area contributed by atoms with Crippen LogP contribution >= 0.6 is 0 Å². The zero-order valence-electron chi connectivity index (χ0n) is 38.9. The summed E-state index contributed by atoms with van der Waals surface area (Å²) in [5, 5.41) is 86.8. The number of carbonyl (C=O) groups is 1. The highest BCUT2D eigenvalue weighted by atomic mass is 16.7. The van der Waals surface area contributed by atoms with Crippen molar-refractivity contribution in [1.82, 2.24) is 5.32 Å². The molecule has 368 valence electrons. The van der Waals surface area contributed by atoms with Crippen LogP contribution in [0.5, 0.6) is 0 Å². The molecule has 2 rings (SSSR count). The van der Waals surface area contributed by atoms with Crippen LogP contribution in [0.4, 0.5) is 0 Å². The van der Waals surface area contributed by atoms with E-state index in [0.29, 0.717) is 12.8 Å². The first kappa shape index (κ1) is 57.1. The van der Waals surface area contributed by atoms with Crippen molar-refractivity contribution >= 4 is 5.91 Å². The molecule has 0 spiro atoms. The molecule has 12 atom stereocenters. The molecule has 1 amide bonds. The van der Waals surface area contributed by atoms with E-state index in [0.717, 1.165) is 51.4 Å². The maximum absolute atomic E-state index is 13.1. The molecule has 2 fully saturated rings. The fraction of sp³-hybridized carbons (Fsp3) is 0.979. The third-order valence-electron chi connectivity index (χ3n) is 12.8. The fourth-order valence-electron chi connectivity index (χ4n) is 8.65. The van der Waals surface area contributed by atoms with Crippen LogP contribution in [0.25, 0.3) is 0 Å². The molecule has 0 radical (unpaired) electrons. The molecule has 12 unspecified atom stereocenters. The molecule has 0 bridgehead atoms. The minimum atomic E-state index is -1.78. The SMILES string of the molecule is CCCCCCCCCCCCCCCCCCC(O)C(COC1OC(CO)C(OC2OC(CO)C(O)C(O)C2O)C(O)C1O)NC(=O)CCCCCCCCCCCCCC. The Hall–Kier alpha value is -1.01. The van der Waals surface area contributed by atoms with E-state index in [-0.39, 0.29) is 12.5 Å². The molecular weight excluding hydrogens is 799 g/mol. The normalized spacial score (nSPS) is 27.6. The topological polar surface area (TPSA) is 228 Å². The van der Waals surface area contributed by atoms with Crippen molar-refractivity contribution in [3.63, 3.8) is 0 Å². The van der Waals surface area contributed by atoms with E-state index in [2.05, 4.69) is 19.2 Å². The number of amides is 1. The summed E-state index contributed by atoms with van der Waals surface area (Å²) < 4.78 is 22.7. The second-order valence-electron chi connectivity index (χ2n) is 18.3. The fourth-order valence-corrected chi connectivity index (χ4v) is 8.65. The Morgan fingerprint density at radius 1 is 0.516 bits per heavy atom. The van der Waals surface area contributed by atoms with Gasteiger partial charge in [-0.25, -0.2) is 0 Å². The molecule has 62 heavy (non-hydrogen) atoms. The summed E-state index contributed by atoms with van der Waals surface area (Å²) in [5.41, 5.74) is 0. The van der Waals surface area contributed by atoms with Crippen LogP contribution in [0, 0.1) is 0 Å². The first-order valence-corrected chi connectivity index (χ1v) is 25.3. The molecule has 0 aromatic rings. The summed E-state index contributed by atoms with van der Waals surface area (Å²) in [6.45, 7) is 2.85. The van der Waals surface area contributed by atoms with Crippen molar-refractivity contribution < 1.29 is 64.6 Å². The van der Waals surface area contributed by atoms with Gasteiger partial charge in [-0.1, -0.05) is 187 Å². The molecule has 14 heteroatoms. The monoisotopic (exact) mass is 892 g/mol. The zero-order valence-corrected chi connectivity index (χ0v) is 38.9. The number of hydrogen-bond donors (Lipinski definition) is 9. The van der Waals surface area contributed by atoms with Gasteiger partial charge in [0, 0.05) is 6.42 Å². The summed E-state index contributed by atoms with van der Waals surface area (Å²) in [6.07, 6.45) is 18.2. The Morgan fingerprint density at radius 3 is 1.37 bits per heavy atom. The summed E-state index contributed by atoms with van der Waals surface area (Å²) >= 11 is 0. The van der Waals surface area contributed by atoms with Gasteiger partial charge in [-0.15, -0.1) is 0 Å². The van der Waals surface area contributed by atoms with Crippen LogP contribution in [-0.2, 0) is 23.7 Å². The molecule has 0 saturated carbocycles. The van der Waals surface area contributed by atoms with Gasteiger partial charge in [0.15, 0.2) is 12.6 Å². The Labute approximate surface area is 374 Å². The van der Waals surface area contributed by atoms with Crippen molar-refractivity contribution in [3.05, 3.63) is 0 Å². The van der Waals surface area contributed by atoms with Crippen LogP contribution in [-0.4, -0.2) is 140 Å². The predicted octanol–water partition coefficient (Wildman–Crippen LogP) is 6.22. The molecule has 2 aliphatic rings. The molecule has 2 saturated heterocycles. The number of carbonyl (C=O) groups excluding carboxylic acids is 1. The largest absolute Gasteiger partial charge is 0.394 e. The van der Waals surface area contributed by atoms with Gasteiger partial charge < -0.3 is 65.1 Å². The quantitative estimate of drug-likeness (QED) is 0.0313. The minimum absolute atomic E-state index is 0.205. The highest BCUT2D eigenvalue weighted by molar-refractivity contribution is 5.76. The molecule has 9 N–H and O–H groups in total. The summed E-state index contributed by atoms with van der Waals surface area (Å²) in [5.74, 6) is -0.205. The molecule has 14 nitrogen and oxygen atoms in total. The van der Waals surface area contributed by atoms with Crippen molar-refractivity contribution in [1.29, 1.82) is 0 Å². The molecular formula is C48H93NO13. The Bertz CT molecular complexity index is 1060. The first-order chi connectivity index (χ1) is 30.1. The predicted molar refractivity (Wildman–Crippen MR) is 240 cm³/mol. The van der Waals surface area contributed by atoms with E-state index in [1.807, 2.05) is 0 Å². The van der Waals surface area contributed by atoms with Gasteiger partial charge in [0.2, 0.25) is 5.91 Å². The Morgan fingerprint density at radius 2 is 0.919 bits per heavy atom. The van der Waals surface area contributed by atoms with Gasteiger partial charge in [-0.05, 0) is 12.8 Å². The third kappa shape index (κ3) is 23.4. The average molecular weight is 892 g/mol. The third-order valence-corrected chi connectivity index (χ3v) is 12.8. The number of nitrogens with one attached hydrogen (secondary N) is 1. The van der Waals surface area contributed by atoms with Crippen molar-refractivity contribution in [2.45, 2.75) is 280 Å². The van der Waals surface area contributed by atoms with Crippen LogP contribution in [0.3, 0.4) is 0 Å². The van der Waals surface area contributed by atoms with Crippen molar-refractivity contribution in [3.8, 4) is 0 Å². The minimum Gasteiger partial charge on any atom is -0.394 e. The molecule has 2 heterocycles. The van der Waals surface area contributed by atoms with E-state index in [4.69, 9.17) is 18.9 Å². The molecule has 0 aliphatic carbocycles. The molecule has 0 aromatic carbocycles. The number of aliphatic hydroxyl groups excluding tert-OH is 8. The number of hydrogen-bond acceptors (Lipinski definition) is 13. The number of rotatable bonds is 39. The smallest absolute Gasteiger partial charge is 0.220 e. The van der Waals surface area contributed by atoms with Gasteiger partial charge >= 0.3 is 0 Å². The number of aliphatic hydroxyl groups is 8. The van der Waals surface area contributed by atoms with E-state index < -0.39 is 86.8 Å². The zero-order chi connectivity index (χ0) is 45.4. The average Bonchev–Trinajstić information content (AvgIpc) is 3.27. The van der Waals surface area contributed by atoms with Crippen LogP contribution < -0.4 is 5.32 Å². The summed E-state index contributed by atoms with van der Waals surface area (Å²) in [7, 11) is 0.